The van der Waals surface area contributed by atoms with Crippen molar-refractivity contribution in [1.29, 1.82) is 0 Å². The first-order valence-electron chi connectivity index (χ1n) is 12.5. The molecule has 6 heteroatoms. The molecule has 0 amide bonds. The fourth-order valence-corrected chi connectivity index (χ4v) is 6.43. The van der Waals surface area contributed by atoms with Gasteiger partial charge in [0, 0.05) is 27.8 Å². The van der Waals surface area contributed by atoms with Crippen molar-refractivity contribution in [1.82, 2.24) is 0 Å². The van der Waals surface area contributed by atoms with Crippen LogP contribution in [-0.4, -0.2) is 29.3 Å². The van der Waals surface area contributed by atoms with Crippen LogP contribution in [0.25, 0.3) is 21.2 Å². The van der Waals surface area contributed by atoms with Crippen LogP contribution >= 0.6 is 11.3 Å². The number of thiophene rings is 1. The Kier molecular flexibility index (Phi) is 6.37. The third kappa shape index (κ3) is 4.82. The first-order valence-corrected chi connectivity index (χ1v) is 13.3. The Morgan fingerprint density at radius 2 is 1.73 bits per heavy atom. The number of rotatable bonds is 6. The van der Waals surface area contributed by atoms with Crippen LogP contribution in [0, 0.1) is 11.8 Å². The molecule has 5 unspecified atom stereocenters. The average Bonchev–Trinajstić information content (AvgIpc) is 3.60. The SMILES string of the molecule is O=C1CC2C(CC(OC(=O)c3ccc(-c4ccccc4)cc3)C2C=CC(O)c2cc3ccccc3s2)O1. The first kappa shape index (κ1) is 23.6. The van der Waals surface area contributed by atoms with Crippen molar-refractivity contribution in [3.8, 4) is 11.1 Å². The topological polar surface area (TPSA) is 72.8 Å². The number of aliphatic hydroxyl groups is 1. The van der Waals surface area contributed by atoms with Crippen molar-refractivity contribution >= 4 is 33.4 Å². The molecule has 4 aromatic rings. The summed E-state index contributed by atoms with van der Waals surface area (Å²) in [7, 11) is 0. The zero-order valence-electron chi connectivity index (χ0n) is 20.0. The standard InChI is InChI=1S/C31H26O5S/c32-25(29-16-22-8-4-5-9-28(22)37-29)15-14-23-24-17-30(33)35-27(24)18-26(23)36-31(34)21-12-10-20(11-13-21)19-6-2-1-3-7-19/h1-16,23-27,32H,17-18H2. The van der Waals surface area contributed by atoms with Crippen LogP contribution < -0.4 is 0 Å². The molecule has 2 fully saturated rings. The predicted octanol–water partition coefficient (Wildman–Crippen LogP) is 6.34. The first-order chi connectivity index (χ1) is 18.0. The molecule has 5 nitrogen and oxygen atoms in total. The zero-order valence-corrected chi connectivity index (χ0v) is 20.8. The molecule has 1 aliphatic heterocycles. The molecule has 0 spiro atoms. The number of hydrogen-bond donors (Lipinski definition) is 1. The number of esters is 2. The number of benzene rings is 3. The molecule has 3 aromatic carbocycles. The van der Waals surface area contributed by atoms with Crippen molar-refractivity contribution < 1.29 is 24.2 Å². The molecule has 1 saturated carbocycles. The molecule has 1 aliphatic carbocycles. The van der Waals surface area contributed by atoms with Crippen LogP contribution in [0.3, 0.4) is 0 Å². The monoisotopic (exact) mass is 510 g/mol. The summed E-state index contributed by atoms with van der Waals surface area (Å²) in [5.41, 5.74) is 2.58. The van der Waals surface area contributed by atoms with Crippen molar-refractivity contribution in [2.24, 2.45) is 11.8 Å². The molecule has 1 saturated heterocycles. The molecular formula is C31H26O5S. The minimum absolute atomic E-state index is 0.0726. The highest BCUT2D eigenvalue weighted by Crippen LogP contribution is 2.44. The van der Waals surface area contributed by atoms with Gasteiger partial charge in [0.1, 0.15) is 18.3 Å². The zero-order chi connectivity index (χ0) is 25.4. The minimum atomic E-state index is -0.781. The van der Waals surface area contributed by atoms with Gasteiger partial charge < -0.3 is 14.6 Å². The van der Waals surface area contributed by atoms with Crippen molar-refractivity contribution in [3.05, 3.63) is 108 Å². The summed E-state index contributed by atoms with van der Waals surface area (Å²) >= 11 is 1.55. The molecule has 37 heavy (non-hydrogen) atoms. The van der Waals surface area contributed by atoms with E-state index in [1.54, 1.807) is 29.5 Å². The van der Waals surface area contributed by atoms with Gasteiger partial charge in [0.2, 0.25) is 0 Å². The van der Waals surface area contributed by atoms with Crippen LogP contribution in [0.4, 0.5) is 0 Å². The molecule has 2 aliphatic rings. The molecule has 186 valence electrons. The van der Waals surface area contributed by atoms with Crippen molar-refractivity contribution in [2.75, 3.05) is 0 Å². The molecule has 5 atom stereocenters. The second kappa shape index (κ2) is 9.96. The van der Waals surface area contributed by atoms with Gasteiger partial charge in [0.15, 0.2) is 0 Å². The van der Waals surface area contributed by atoms with Gasteiger partial charge in [-0.2, -0.15) is 0 Å². The fourth-order valence-electron chi connectivity index (χ4n) is 5.40. The van der Waals surface area contributed by atoms with Gasteiger partial charge in [0.25, 0.3) is 0 Å². The quantitative estimate of drug-likeness (QED) is 0.242. The Balaban J connectivity index is 1.18. The van der Waals surface area contributed by atoms with Gasteiger partial charge in [-0.1, -0.05) is 72.8 Å². The highest BCUT2D eigenvalue weighted by molar-refractivity contribution is 7.19. The Hall–Kier alpha value is -3.74. The van der Waals surface area contributed by atoms with Crippen LogP contribution in [0.1, 0.15) is 34.2 Å². The van der Waals surface area contributed by atoms with Crippen LogP contribution in [0.2, 0.25) is 0 Å². The Labute approximate surface area is 219 Å². The van der Waals surface area contributed by atoms with Crippen LogP contribution in [0.15, 0.2) is 97.1 Å². The van der Waals surface area contributed by atoms with Gasteiger partial charge in [-0.3, -0.25) is 4.79 Å². The lowest BCUT2D eigenvalue weighted by molar-refractivity contribution is -0.141. The van der Waals surface area contributed by atoms with E-state index in [0.29, 0.717) is 18.4 Å². The van der Waals surface area contributed by atoms with Crippen LogP contribution in [-0.2, 0) is 14.3 Å². The van der Waals surface area contributed by atoms with Crippen LogP contribution in [0.5, 0.6) is 0 Å². The minimum Gasteiger partial charge on any atom is -0.462 e. The van der Waals surface area contributed by atoms with E-state index < -0.39 is 18.2 Å². The maximum Gasteiger partial charge on any atom is 0.338 e. The van der Waals surface area contributed by atoms with E-state index in [0.717, 1.165) is 26.1 Å². The average molecular weight is 511 g/mol. The summed E-state index contributed by atoms with van der Waals surface area (Å²) in [5.74, 6) is -0.913. The number of carbonyl (C=O) groups excluding carboxylic acids is 2. The summed E-state index contributed by atoms with van der Waals surface area (Å²) in [5, 5.41) is 12.0. The summed E-state index contributed by atoms with van der Waals surface area (Å²) in [6, 6.07) is 27.4. The van der Waals surface area contributed by atoms with E-state index in [1.165, 1.54) is 0 Å². The van der Waals surface area contributed by atoms with Crippen molar-refractivity contribution in [2.45, 2.75) is 31.2 Å². The van der Waals surface area contributed by atoms with Gasteiger partial charge in [0.05, 0.1) is 12.0 Å². The smallest absolute Gasteiger partial charge is 0.338 e. The number of hydrogen-bond acceptors (Lipinski definition) is 6. The van der Waals surface area contributed by atoms with E-state index in [4.69, 9.17) is 9.47 Å². The van der Waals surface area contributed by atoms with Crippen molar-refractivity contribution in [3.63, 3.8) is 0 Å². The molecule has 0 bridgehead atoms. The van der Waals surface area contributed by atoms with E-state index in [9.17, 15) is 14.7 Å². The Morgan fingerprint density at radius 3 is 2.51 bits per heavy atom. The number of fused-ring (bicyclic) bond motifs is 2. The Bertz CT molecular complexity index is 1420. The molecule has 1 N–H and O–H groups in total. The molecule has 2 heterocycles. The van der Waals surface area contributed by atoms with E-state index in [-0.39, 0.29) is 23.9 Å². The van der Waals surface area contributed by atoms with Gasteiger partial charge in [-0.15, -0.1) is 11.3 Å². The largest absolute Gasteiger partial charge is 0.462 e. The van der Waals surface area contributed by atoms with Gasteiger partial charge in [-0.05, 0) is 40.8 Å². The second-order valence-electron chi connectivity index (χ2n) is 9.61. The van der Waals surface area contributed by atoms with E-state index >= 15 is 0 Å². The second-order valence-corrected chi connectivity index (χ2v) is 10.7. The van der Waals surface area contributed by atoms with E-state index in [1.807, 2.05) is 78.9 Å². The molecule has 6 rings (SSSR count). The highest BCUT2D eigenvalue weighted by Gasteiger charge is 2.50. The predicted molar refractivity (Wildman–Crippen MR) is 143 cm³/mol. The third-order valence-electron chi connectivity index (χ3n) is 7.29. The lowest BCUT2D eigenvalue weighted by Crippen LogP contribution is -2.24. The lowest BCUT2D eigenvalue weighted by Gasteiger charge is -2.20. The number of carbonyl (C=O) groups is 2. The summed E-state index contributed by atoms with van der Waals surface area (Å²) in [4.78, 5) is 25.8. The molecule has 1 aromatic heterocycles. The summed E-state index contributed by atoms with van der Waals surface area (Å²) < 4.78 is 12.6. The Morgan fingerprint density at radius 1 is 1.00 bits per heavy atom. The van der Waals surface area contributed by atoms with Gasteiger partial charge >= 0.3 is 11.9 Å². The van der Waals surface area contributed by atoms with E-state index in [2.05, 4.69) is 0 Å². The maximum atomic E-state index is 13.0. The molecular weight excluding hydrogens is 484 g/mol. The molecule has 0 radical (unpaired) electrons. The fraction of sp³-hybridized carbons (Fsp3) is 0.226. The highest BCUT2D eigenvalue weighted by atomic mass is 32.1. The summed E-state index contributed by atoms with van der Waals surface area (Å²) in [6.07, 6.45) is 2.90. The third-order valence-corrected chi connectivity index (χ3v) is 8.48. The van der Waals surface area contributed by atoms with Gasteiger partial charge in [-0.25, -0.2) is 4.79 Å². The summed E-state index contributed by atoms with van der Waals surface area (Å²) in [6.45, 7) is 0. The number of aliphatic hydroxyl groups excluding tert-OH is 1. The normalized spacial score (nSPS) is 23.8. The number of ether oxygens (including phenoxy) is 2. The maximum absolute atomic E-state index is 13.0. The lowest BCUT2D eigenvalue weighted by atomic mass is 9.91.